The number of benzene rings is 1. The molecular formula is C10H11NO2. The highest BCUT2D eigenvalue weighted by atomic mass is 16.5. The number of fused-ring (bicyclic) bond motifs is 1. The number of carbonyl (C=O) groups is 1. The van der Waals surface area contributed by atoms with E-state index in [1.807, 2.05) is 24.3 Å². The lowest BCUT2D eigenvalue weighted by atomic mass is 9.97. The number of hydrogen-bond acceptors (Lipinski definition) is 2. The van der Waals surface area contributed by atoms with Crippen molar-refractivity contribution >= 4 is 5.91 Å². The van der Waals surface area contributed by atoms with Crippen LogP contribution < -0.4 is 5.73 Å². The number of hydrogen-bond donors (Lipinski definition) is 1. The number of nitrogens with two attached hydrogens (primary N) is 1. The van der Waals surface area contributed by atoms with E-state index >= 15 is 0 Å². The number of primary amides is 1. The van der Waals surface area contributed by atoms with E-state index < -0.39 is 12.0 Å². The average Bonchev–Trinajstić information content (AvgIpc) is 2.17. The van der Waals surface area contributed by atoms with Gasteiger partial charge in [0.05, 0.1) is 6.61 Å². The molecule has 1 atom stereocenters. The minimum Gasteiger partial charge on any atom is -0.367 e. The van der Waals surface area contributed by atoms with E-state index in [9.17, 15) is 4.79 Å². The Balaban J connectivity index is 2.42. The van der Waals surface area contributed by atoms with Crippen LogP contribution in [0.15, 0.2) is 24.3 Å². The molecule has 2 rings (SSSR count). The van der Waals surface area contributed by atoms with Crippen molar-refractivity contribution in [1.82, 2.24) is 0 Å². The lowest BCUT2D eigenvalue weighted by molar-refractivity contribution is -0.130. The Morgan fingerprint density at radius 3 is 3.00 bits per heavy atom. The van der Waals surface area contributed by atoms with Gasteiger partial charge in [0, 0.05) is 0 Å². The summed E-state index contributed by atoms with van der Waals surface area (Å²) in [7, 11) is 0. The lowest BCUT2D eigenvalue weighted by Crippen LogP contribution is -2.28. The molecule has 2 N–H and O–H groups in total. The predicted octanol–water partition coefficient (Wildman–Crippen LogP) is 0.786. The second kappa shape index (κ2) is 3.18. The molecule has 1 amide bonds. The van der Waals surface area contributed by atoms with Crippen LogP contribution in [-0.4, -0.2) is 12.5 Å². The zero-order valence-electron chi connectivity index (χ0n) is 7.19. The summed E-state index contributed by atoms with van der Waals surface area (Å²) < 4.78 is 5.29. The van der Waals surface area contributed by atoms with Gasteiger partial charge in [-0.3, -0.25) is 4.79 Å². The second-order valence-corrected chi connectivity index (χ2v) is 3.10. The van der Waals surface area contributed by atoms with Crippen LogP contribution in [-0.2, 0) is 16.0 Å². The van der Waals surface area contributed by atoms with E-state index in [2.05, 4.69) is 0 Å². The minimum atomic E-state index is -0.551. The van der Waals surface area contributed by atoms with Crippen LogP contribution in [0.25, 0.3) is 0 Å². The molecule has 1 aliphatic heterocycles. The van der Waals surface area contributed by atoms with Crippen molar-refractivity contribution in [2.75, 3.05) is 6.61 Å². The molecule has 0 bridgehead atoms. The molecule has 1 aromatic carbocycles. The van der Waals surface area contributed by atoms with Gasteiger partial charge in [0.15, 0.2) is 6.10 Å². The predicted molar refractivity (Wildman–Crippen MR) is 48.0 cm³/mol. The van der Waals surface area contributed by atoms with E-state index in [1.54, 1.807) is 0 Å². The standard InChI is InChI=1S/C10H11NO2/c11-10(12)9-8-4-2-1-3-7(8)5-6-13-9/h1-4,9H,5-6H2,(H2,11,12). The summed E-state index contributed by atoms with van der Waals surface area (Å²) in [4.78, 5) is 11.0. The molecule has 0 aliphatic carbocycles. The van der Waals surface area contributed by atoms with E-state index in [1.165, 1.54) is 0 Å². The van der Waals surface area contributed by atoms with Gasteiger partial charge in [-0.15, -0.1) is 0 Å². The van der Waals surface area contributed by atoms with Crippen LogP contribution in [0.3, 0.4) is 0 Å². The molecule has 1 aliphatic rings. The fourth-order valence-electron chi connectivity index (χ4n) is 1.63. The smallest absolute Gasteiger partial charge is 0.251 e. The molecule has 0 spiro atoms. The molecule has 68 valence electrons. The first kappa shape index (κ1) is 8.26. The largest absolute Gasteiger partial charge is 0.367 e. The van der Waals surface area contributed by atoms with E-state index in [0.29, 0.717) is 6.61 Å². The van der Waals surface area contributed by atoms with Crippen LogP contribution in [0.4, 0.5) is 0 Å². The van der Waals surface area contributed by atoms with Crippen molar-refractivity contribution in [2.45, 2.75) is 12.5 Å². The summed E-state index contributed by atoms with van der Waals surface area (Å²) in [5.41, 5.74) is 7.30. The molecule has 0 radical (unpaired) electrons. The number of carbonyl (C=O) groups excluding carboxylic acids is 1. The Morgan fingerprint density at radius 1 is 1.46 bits per heavy atom. The first-order valence-electron chi connectivity index (χ1n) is 4.28. The Hall–Kier alpha value is -1.35. The molecule has 3 nitrogen and oxygen atoms in total. The van der Waals surface area contributed by atoms with E-state index in [0.717, 1.165) is 17.5 Å². The Bertz CT molecular complexity index is 335. The Morgan fingerprint density at radius 2 is 2.23 bits per heavy atom. The molecular weight excluding hydrogens is 166 g/mol. The highest BCUT2D eigenvalue weighted by molar-refractivity contribution is 5.81. The first-order chi connectivity index (χ1) is 6.29. The quantitative estimate of drug-likeness (QED) is 0.689. The van der Waals surface area contributed by atoms with Crippen molar-refractivity contribution in [2.24, 2.45) is 5.73 Å². The highest BCUT2D eigenvalue weighted by Crippen LogP contribution is 2.26. The van der Waals surface area contributed by atoms with Gasteiger partial charge in [-0.05, 0) is 17.5 Å². The zero-order valence-corrected chi connectivity index (χ0v) is 7.19. The Labute approximate surface area is 76.5 Å². The van der Waals surface area contributed by atoms with Crippen LogP contribution in [0.5, 0.6) is 0 Å². The normalized spacial score (nSPS) is 20.8. The Kier molecular flexibility index (Phi) is 2.02. The minimum absolute atomic E-state index is 0.410. The van der Waals surface area contributed by atoms with Gasteiger partial charge in [-0.2, -0.15) is 0 Å². The molecule has 1 heterocycles. The van der Waals surface area contributed by atoms with Crippen LogP contribution >= 0.6 is 0 Å². The number of ether oxygens (including phenoxy) is 1. The third-order valence-electron chi connectivity index (χ3n) is 2.25. The van der Waals surface area contributed by atoms with Crippen LogP contribution in [0, 0.1) is 0 Å². The zero-order chi connectivity index (χ0) is 9.26. The highest BCUT2D eigenvalue weighted by Gasteiger charge is 2.24. The number of amides is 1. The molecule has 1 aromatic rings. The van der Waals surface area contributed by atoms with Crippen LogP contribution in [0.2, 0.25) is 0 Å². The van der Waals surface area contributed by atoms with Gasteiger partial charge in [0.1, 0.15) is 0 Å². The molecule has 0 fully saturated rings. The third-order valence-corrected chi connectivity index (χ3v) is 2.25. The fourth-order valence-corrected chi connectivity index (χ4v) is 1.63. The molecule has 0 aromatic heterocycles. The first-order valence-corrected chi connectivity index (χ1v) is 4.28. The van der Waals surface area contributed by atoms with Gasteiger partial charge in [-0.25, -0.2) is 0 Å². The number of rotatable bonds is 1. The van der Waals surface area contributed by atoms with E-state index in [-0.39, 0.29) is 0 Å². The van der Waals surface area contributed by atoms with Crippen molar-refractivity contribution < 1.29 is 9.53 Å². The van der Waals surface area contributed by atoms with Gasteiger partial charge in [-0.1, -0.05) is 24.3 Å². The maximum absolute atomic E-state index is 11.0. The molecule has 0 saturated heterocycles. The van der Waals surface area contributed by atoms with E-state index in [4.69, 9.17) is 10.5 Å². The molecule has 1 unspecified atom stereocenters. The van der Waals surface area contributed by atoms with Gasteiger partial charge in [0.2, 0.25) is 0 Å². The summed E-state index contributed by atoms with van der Waals surface area (Å²) in [6.45, 7) is 0.574. The lowest BCUT2D eigenvalue weighted by Gasteiger charge is -2.23. The van der Waals surface area contributed by atoms with Crippen molar-refractivity contribution in [3.63, 3.8) is 0 Å². The average molecular weight is 177 g/mol. The monoisotopic (exact) mass is 177 g/mol. The summed E-state index contributed by atoms with van der Waals surface area (Å²) in [5.74, 6) is -0.410. The van der Waals surface area contributed by atoms with Crippen molar-refractivity contribution in [1.29, 1.82) is 0 Å². The molecule has 13 heavy (non-hydrogen) atoms. The van der Waals surface area contributed by atoms with Gasteiger partial charge < -0.3 is 10.5 Å². The maximum atomic E-state index is 11.0. The summed E-state index contributed by atoms with van der Waals surface area (Å²) in [6.07, 6.45) is 0.310. The topological polar surface area (TPSA) is 52.3 Å². The molecule has 3 heteroatoms. The van der Waals surface area contributed by atoms with Crippen LogP contribution in [0.1, 0.15) is 17.2 Å². The van der Waals surface area contributed by atoms with Crippen molar-refractivity contribution in [3.05, 3.63) is 35.4 Å². The summed E-state index contributed by atoms with van der Waals surface area (Å²) >= 11 is 0. The summed E-state index contributed by atoms with van der Waals surface area (Å²) in [6, 6.07) is 7.75. The van der Waals surface area contributed by atoms with Gasteiger partial charge >= 0.3 is 0 Å². The third kappa shape index (κ3) is 1.42. The molecule has 0 saturated carbocycles. The SMILES string of the molecule is NC(=O)C1OCCc2ccccc21. The fraction of sp³-hybridized carbons (Fsp3) is 0.300. The summed E-state index contributed by atoms with van der Waals surface area (Å²) in [5, 5.41) is 0. The van der Waals surface area contributed by atoms with Gasteiger partial charge in [0.25, 0.3) is 5.91 Å². The second-order valence-electron chi connectivity index (χ2n) is 3.10. The maximum Gasteiger partial charge on any atom is 0.251 e. The van der Waals surface area contributed by atoms with Crippen molar-refractivity contribution in [3.8, 4) is 0 Å².